The summed E-state index contributed by atoms with van der Waals surface area (Å²) >= 11 is 0. The van der Waals surface area contributed by atoms with Crippen LogP contribution >= 0.6 is 0 Å². The molecule has 0 radical (unpaired) electrons. The van der Waals surface area contributed by atoms with Gasteiger partial charge in [-0.3, -0.25) is 5.32 Å². The van der Waals surface area contributed by atoms with Crippen LogP contribution in [0.15, 0.2) is 158 Å². The Bertz CT molecular complexity index is 2960. The lowest BCUT2D eigenvalue weighted by Gasteiger charge is -2.23. The van der Waals surface area contributed by atoms with Crippen LogP contribution in [0.25, 0.3) is 76.9 Å². The highest BCUT2D eigenvalue weighted by atomic mass is 16.3. The first kappa shape index (κ1) is 27.9. The van der Waals surface area contributed by atoms with Crippen molar-refractivity contribution in [3.63, 3.8) is 0 Å². The Morgan fingerprint density at radius 2 is 1.25 bits per heavy atom. The number of benzene rings is 6. The van der Waals surface area contributed by atoms with Crippen molar-refractivity contribution in [2.75, 3.05) is 0 Å². The van der Waals surface area contributed by atoms with E-state index in [4.69, 9.17) is 13.3 Å². The average molecular weight is 662 g/mol. The monoisotopic (exact) mass is 661 g/mol. The summed E-state index contributed by atoms with van der Waals surface area (Å²) in [7, 11) is 0. The Morgan fingerprint density at radius 3 is 2.08 bits per heavy atom. The number of hydrogen-bond acceptors (Lipinski definition) is 6. The van der Waals surface area contributed by atoms with Crippen molar-refractivity contribution in [2.45, 2.75) is 31.3 Å². The van der Waals surface area contributed by atoms with Gasteiger partial charge in [0.15, 0.2) is 0 Å². The van der Waals surface area contributed by atoms with Gasteiger partial charge in [-0.1, -0.05) is 109 Å². The van der Waals surface area contributed by atoms with E-state index in [9.17, 15) is 0 Å². The summed E-state index contributed by atoms with van der Waals surface area (Å²) in [5.74, 6) is 0. The Hall–Kier alpha value is -5.92. The molecule has 0 amide bonds. The molecule has 0 spiro atoms. The minimum atomic E-state index is -0.0229. The number of furan rings is 3. The number of allylic oxidation sites excluding steroid dienone is 3. The van der Waals surface area contributed by atoms with Crippen LogP contribution in [0, 0.1) is 0 Å². The Labute approximate surface area is 292 Å². The molecule has 2 saturated heterocycles. The molecule has 2 fully saturated rings. The molecule has 3 aromatic heterocycles. The first-order valence-electron chi connectivity index (χ1n) is 17.7. The van der Waals surface area contributed by atoms with E-state index in [0.29, 0.717) is 0 Å². The molecule has 5 unspecified atom stereocenters. The van der Waals surface area contributed by atoms with Gasteiger partial charge in [-0.25, -0.2) is 0 Å². The van der Waals surface area contributed by atoms with E-state index in [1.165, 1.54) is 16.7 Å². The number of para-hydroxylation sites is 4. The Kier molecular flexibility index (Phi) is 5.63. The minimum absolute atomic E-state index is 0.0229. The molecule has 6 aromatic carbocycles. The van der Waals surface area contributed by atoms with Crippen LogP contribution in [0.3, 0.4) is 0 Å². The van der Waals surface area contributed by atoms with Crippen LogP contribution in [-0.4, -0.2) is 16.2 Å². The summed E-state index contributed by atoms with van der Waals surface area (Å²) in [5.41, 5.74) is 11.4. The molecule has 5 atom stereocenters. The van der Waals surface area contributed by atoms with E-state index in [2.05, 4.69) is 137 Å². The molecule has 6 nitrogen and oxygen atoms in total. The molecule has 1 N–H and O–H groups in total. The van der Waals surface area contributed by atoms with Crippen molar-refractivity contribution in [1.29, 1.82) is 0 Å². The second-order valence-electron chi connectivity index (χ2n) is 14.0. The van der Waals surface area contributed by atoms with Crippen molar-refractivity contribution in [3.05, 3.63) is 156 Å². The molecule has 9 aromatic rings. The number of hydrazine groups is 1. The smallest absolute Gasteiger partial charge is 0.143 e. The molecule has 6 heteroatoms. The summed E-state index contributed by atoms with van der Waals surface area (Å²) < 4.78 is 19.5. The van der Waals surface area contributed by atoms with Crippen LogP contribution in [0.2, 0.25) is 0 Å². The fourth-order valence-corrected chi connectivity index (χ4v) is 8.79. The van der Waals surface area contributed by atoms with Gasteiger partial charge < -0.3 is 13.3 Å². The third kappa shape index (κ3) is 3.98. The molecule has 0 saturated carbocycles. The van der Waals surface area contributed by atoms with Crippen molar-refractivity contribution in [2.24, 2.45) is 0 Å². The summed E-state index contributed by atoms with van der Waals surface area (Å²) in [6.45, 7) is 0. The van der Waals surface area contributed by atoms with Crippen LogP contribution in [-0.2, 0) is 0 Å². The van der Waals surface area contributed by atoms with Crippen molar-refractivity contribution in [3.8, 4) is 11.1 Å². The third-order valence-electron chi connectivity index (χ3n) is 11.2. The van der Waals surface area contributed by atoms with Gasteiger partial charge in [-0.05, 0) is 59.9 Å². The molecular formula is C45H31N3O3. The zero-order valence-corrected chi connectivity index (χ0v) is 27.5. The number of nitrogens with zero attached hydrogens (tertiary/aromatic N) is 2. The van der Waals surface area contributed by atoms with Gasteiger partial charge in [0.2, 0.25) is 0 Å². The average Bonchev–Trinajstić information content (AvgIpc) is 3.55. The van der Waals surface area contributed by atoms with E-state index >= 15 is 0 Å². The lowest BCUT2D eigenvalue weighted by molar-refractivity contribution is 0.321. The number of fused-ring (bicyclic) bond motifs is 10. The first-order chi connectivity index (χ1) is 25.3. The standard InChI is InChI=1S/C45H31N3O3/c1-2-10-26(11-3-1)43-46-44(48-45(47(43)48)35-17-9-16-34-31-13-5-7-19-38(31)51-42(34)35)28-20-22-32-36-24-27(21-23-39(36)49-40(32)25-28)29-14-8-15-33-30-12-4-6-18-37(30)50-41(29)33/h1-2,4-10,12-25,43-46H,3,11H2. The van der Waals surface area contributed by atoms with E-state index in [1.807, 2.05) is 18.2 Å². The highest BCUT2D eigenvalue weighted by Gasteiger charge is 2.61. The van der Waals surface area contributed by atoms with E-state index in [-0.39, 0.29) is 18.5 Å². The quantitative estimate of drug-likeness (QED) is 0.189. The SMILES string of the molecule is C1=CCCC(C2NC(c3ccc4c(c3)oc3ccc(-c5cccc6c5oc5ccccc56)cc34)N3C(c4cccc5c4oc4ccccc45)N23)=C1. The number of hydrogen-bond donors (Lipinski definition) is 1. The maximum absolute atomic E-state index is 6.56. The van der Waals surface area contributed by atoms with Gasteiger partial charge >= 0.3 is 0 Å². The molecule has 0 bridgehead atoms. The second-order valence-corrected chi connectivity index (χ2v) is 14.0. The topological polar surface area (TPSA) is 57.5 Å². The molecule has 3 aliphatic rings. The van der Waals surface area contributed by atoms with E-state index in [1.54, 1.807) is 0 Å². The fraction of sp³-hybridized carbons (Fsp3) is 0.111. The highest BCUT2D eigenvalue weighted by molar-refractivity contribution is 6.11. The summed E-state index contributed by atoms with van der Waals surface area (Å²) in [6.07, 6.45) is 8.99. The zero-order chi connectivity index (χ0) is 33.2. The Morgan fingerprint density at radius 1 is 0.549 bits per heavy atom. The fourth-order valence-electron chi connectivity index (χ4n) is 8.79. The predicted molar refractivity (Wildman–Crippen MR) is 203 cm³/mol. The van der Waals surface area contributed by atoms with E-state index < -0.39 is 0 Å². The lowest BCUT2D eigenvalue weighted by Crippen LogP contribution is -2.35. The third-order valence-corrected chi connectivity index (χ3v) is 11.2. The van der Waals surface area contributed by atoms with Gasteiger partial charge in [0.1, 0.15) is 45.8 Å². The Balaban J connectivity index is 0.950. The second kappa shape index (κ2) is 10.3. The van der Waals surface area contributed by atoms with Crippen molar-refractivity contribution < 1.29 is 13.3 Å². The molecule has 244 valence electrons. The van der Waals surface area contributed by atoms with Gasteiger partial charge in [0.05, 0.1) is 6.17 Å². The van der Waals surface area contributed by atoms with Crippen LogP contribution in [0.4, 0.5) is 0 Å². The summed E-state index contributed by atoms with van der Waals surface area (Å²) in [6, 6.07) is 42.7. The van der Waals surface area contributed by atoms with Gasteiger partial charge in [0, 0.05) is 43.4 Å². The van der Waals surface area contributed by atoms with Gasteiger partial charge in [-0.15, -0.1) is 0 Å². The van der Waals surface area contributed by atoms with Gasteiger partial charge in [-0.2, -0.15) is 10.0 Å². The zero-order valence-electron chi connectivity index (χ0n) is 27.5. The maximum Gasteiger partial charge on any atom is 0.143 e. The predicted octanol–water partition coefficient (Wildman–Crippen LogP) is 11.5. The lowest BCUT2D eigenvalue weighted by atomic mass is 9.99. The van der Waals surface area contributed by atoms with Crippen molar-refractivity contribution in [1.82, 2.24) is 15.3 Å². The molecule has 2 aliphatic heterocycles. The first-order valence-corrected chi connectivity index (χ1v) is 17.7. The van der Waals surface area contributed by atoms with Crippen LogP contribution in [0.1, 0.15) is 36.3 Å². The molecule has 1 aliphatic carbocycles. The van der Waals surface area contributed by atoms with Crippen LogP contribution < -0.4 is 5.32 Å². The maximum atomic E-state index is 6.56. The summed E-state index contributed by atoms with van der Waals surface area (Å²) in [5, 5.41) is 15.7. The molecule has 5 heterocycles. The largest absolute Gasteiger partial charge is 0.456 e. The normalized spacial score (nSPS) is 22.9. The minimum Gasteiger partial charge on any atom is -0.456 e. The highest BCUT2D eigenvalue weighted by Crippen LogP contribution is 2.56. The molecule has 12 rings (SSSR count). The molecule has 51 heavy (non-hydrogen) atoms. The van der Waals surface area contributed by atoms with E-state index in [0.717, 1.165) is 89.8 Å². The van der Waals surface area contributed by atoms with Crippen molar-refractivity contribution >= 4 is 65.8 Å². The van der Waals surface area contributed by atoms with Gasteiger partial charge in [0.25, 0.3) is 0 Å². The number of nitrogens with one attached hydrogen (secondary N) is 1. The molecular weight excluding hydrogens is 631 g/mol. The summed E-state index contributed by atoms with van der Waals surface area (Å²) in [4.78, 5) is 0. The number of rotatable bonds is 4. The van der Waals surface area contributed by atoms with Crippen LogP contribution in [0.5, 0.6) is 0 Å².